The van der Waals surface area contributed by atoms with Crippen molar-refractivity contribution in [3.05, 3.63) is 11.9 Å². The standard InChI is InChI=1S/C8H11N3O.ClH/c1-3-4-5-11(2)7-8-6-9-12-10-8;/h6H,5,7H2,1-2H3;1H. The Labute approximate surface area is 83.7 Å². The highest BCUT2D eigenvalue weighted by molar-refractivity contribution is 5.85. The third-order valence-corrected chi connectivity index (χ3v) is 1.36. The molecule has 1 aromatic rings. The minimum absolute atomic E-state index is 0. The predicted molar refractivity (Wildman–Crippen MR) is 51.3 cm³/mol. The van der Waals surface area contributed by atoms with Gasteiger partial charge in [0, 0.05) is 6.54 Å². The number of hydrogen-bond donors (Lipinski definition) is 0. The van der Waals surface area contributed by atoms with E-state index in [0.717, 1.165) is 18.8 Å². The molecule has 0 aliphatic carbocycles. The molecule has 0 N–H and O–H groups in total. The lowest BCUT2D eigenvalue weighted by atomic mass is 10.4. The highest BCUT2D eigenvalue weighted by atomic mass is 35.5. The summed E-state index contributed by atoms with van der Waals surface area (Å²) in [4.78, 5) is 2.04. The number of aromatic nitrogens is 2. The van der Waals surface area contributed by atoms with Gasteiger partial charge in [0.15, 0.2) is 0 Å². The second-order valence-electron chi connectivity index (χ2n) is 2.50. The molecule has 0 aliphatic rings. The van der Waals surface area contributed by atoms with E-state index in [9.17, 15) is 0 Å². The van der Waals surface area contributed by atoms with Crippen LogP contribution in [-0.2, 0) is 6.54 Å². The molecule has 72 valence electrons. The van der Waals surface area contributed by atoms with Gasteiger partial charge in [-0.3, -0.25) is 4.90 Å². The third-order valence-electron chi connectivity index (χ3n) is 1.36. The molecule has 0 amide bonds. The molecule has 0 unspecified atom stereocenters. The van der Waals surface area contributed by atoms with E-state index in [1.807, 2.05) is 18.9 Å². The van der Waals surface area contributed by atoms with Crippen LogP contribution in [0, 0.1) is 11.8 Å². The van der Waals surface area contributed by atoms with Crippen molar-refractivity contribution in [2.45, 2.75) is 13.5 Å². The van der Waals surface area contributed by atoms with Crippen molar-refractivity contribution >= 4 is 12.4 Å². The van der Waals surface area contributed by atoms with Gasteiger partial charge in [0.1, 0.15) is 5.69 Å². The molecular formula is C8H12ClN3O. The lowest BCUT2D eigenvalue weighted by molar-refractivity contribution is 0.291. The molecule has 0 aliphatic heterocycles. The molecular weight excluding hydrogens is 190 g/mol. The molecule has 13 heavy (non-hydrogen) atoms. The first-order chi connectivity index (χ1) is 5.83. The second kappa shape index (κ2) is 6.46. The maximum absolute atomic E-state index is 4.46. The van der Waals surface area contributed by atoms with Crippen molar-refractivity contribution in [3.63, 3.8) is 0 Å². The number of halogens is 1. The lowest BCUT2D eigenvalue weighted by Gasteiger charge is -2.09. The van der Waals surface area contributed by atoms with Crippen molar-refractivity contribution < 1.29 is 4.63 Å². The highest BCUT2D eigenvalue weighted by Crippen LogP contribution is 1.95. The maximum Gasteiger partial charge on any atom is 0.119 e. The summed E-state index contributed by atoms with van der Waals surface area (Å²) >= 11 is 0. The summed E-state index contributed by atoms with van der Waals surface area (Å²) in [5.41, 5.74) is 0.829. The van der Waals surface area contributed by atoms with Crippen molar-refractivity contribution in [1.82, 2.24) is 15.2 Å². The average Bonchev–Trinajstić information content (AvgIpc) is 2.53. The van der Waals surface area contributed by atoms with E-state index in [4.69, 9.17) is 0 Å². The van der Waals surface area contributed by atoms with Gasteiger partial charge in [0.05, 0.1) is 12.7 Å². The van der Waals surface area contributed by atoms with E-state index in [-0.39, 0.29) is 12.4 Å². The molecule has 0 saturated heterocycles. The first-order valence-electron chi connectivity index (χ1n) is 3.67. The van der Waals surface area contributed by atoms with Gasteiger partial charge in [-0.2, -0.15) is 0 Å². The van der Waals surface area contributed by atoms with Gasteiger partial charge >= 0.3 is 0 Å². The molecule has 5 heteroatoms. The molecule has 1 aromatic heterocycles. The summed E-state index contributed by atoms with van der Waals surface area (Å²) in [5, 5.41) is 7.20. The smallest absolute Gasteiger partial charge is 0.119 e. The second-order valence-corrected chi connectivity index (χ2v) is 2.50. The number of hydrogen-bond acceptors (Lipinski definition) is 4. The van der Waals surface area contributed by atoms with Crippen LogP contribution in [-0.4, -0.2) is 28.8 Å². The predicted octanol–water partition coefficient (Wildman–Crippen LogP) is 0.946. The van der Waals surface area contributed by atoms with E-state index < -0.39 is 0 Å². The fourth-order valence-electron chi connectivity index (χ4n) is 0.800. The van der Waals surface area contributed by atoms with Crippen LogP contribution in [0.1, 0.15) is 12.6 Å². The Balaban J connectivity index is 0.00000144. The lowest BCUT2D eigenvalue weighted by Crippen LogP contribution is -2.17. The maximum atomic E-state index is 4.46. The summed E-state index contributed by atoms with van der Waals surface area (Å²) in [5.74, 6) is 5.78. The fourth-order valence-corrected chi connectivity index (χ4v) is 0.800. The van der Waals surface area contributed by atoms with E-state index in [2.05, 4.69) is 26.8 Å². The van der Waals surface area contributed by atoms with Gasteiger partial charge in [-0.05, 0) is 14.0 Å². The molecule has 0 fully saturated rings. The molecule has 0 radical (unpaired) electrons. The highest BCUT2D eigenvalue weighted by Gasteiger charge is 2.00. The molecule has 1 rings (SSSR count). The minimum atomic E-state index is 0. The zero-order valence-electron chi connectivity index (χ0n) is 7.65. The largest absolute Gasteiger partial charge is 0.289 e. The first kappa shape index (κ1) is 11.9. The summed E-state index contributed by atoms with van der Waals surface area (Å²) in [6.07, 6.45) is 1.61. The third kappa shape index (κ3) is 4.51. The van der Waals surface area contributed by atoms with Crippen LogP contribution in [0.25, 0.3) is 0 Å². The summed E-state index contributed by atoms with van der Waals surface area (Å²) in [7, 11) is 1.97. The Hall–Kier alpha value is -1.05. The van der Waals surface area contributed by atoms with Crippen molar-refractivity contribution in [3.8, 4) is 11.8 Å². The zero-order chi connectivity index (χ0) is 8.81. The molecule has 0 aromatic carbocycles. The normalized spacial score (nSPS) is 8.85. The van der Waals surface area contributed by atoms with Gasteiger partial charge in [0.2, 0.25) is 0 Å². The van der Waals surface area contributed by atoms with Crippen LogP contribution in [0.5, 0.6) is 0 Å². The zero-order valence-corrected chi connectivity index (χ0v) is 8.47. The minimum Gasteiger partial charge on any atom is -0.289 e. The summed E-state index contributed by atoms with van der Waals surface area (Å²) in [6.45, 7) is 3.28. The fraction of sp³-hybridized carbons (Fsp3) is 0.500. The van der Waals surface area contributed by atoms with Crippen LogP contribution in [0.4, 0.5) is 0 Å². The molecule has 1 heterocycles. The Morgan fingerprint density at radius 3 is 2.92 bits per heavy atom. The topological polar surface area (TPSA) is 42.2 Å². The van der Waals surface area contributed by atoms with E-state index >= 15 is 0 Å². The summed E-state index contributed by atoms with van der Waals surface area (Å²) < 4.78 is 4.46. The number of rotatable bonds is 3. The Bertz CT molecular complexity index is 275. The monoisotopic (exact) mass is 201 g/mol. The van der Waals surface area contributed by atoms with Crippen LogP contribution in [0.2, 0.25) is 0 Å². The van der Waals surface area contributed by atoms with Crippen LogP contribution in [0.3, 0.4) is 0 Å². The van der Waals surface area contributed by atoms with Crippen LogP contribution >= 0.6 is 12.4 Å². The molecule has 0 saturated carbocycles. The van der Waals surface area contributed by atoms with E-state index in [0.29, 0.717) is 0 Å². The first-order valence-corrected chi connectivity index (χ1v) is 3.67. The SMILES string of the molecule is CC#CCN(C)Cc1cnon1.Cl. The number of nitrogens with zero attached hydrogens (tertiary/aromatic N) is 3. The van der Waals surface area contributed by atoms with Gasteiger partial charge < -0.3 is 0 Å². The van der Waals surface area contributed by atoms with Crippen molar-refractivity contribution in [1.29, 1.82) is 0 Å². The molecule has 0 atom stereocenters. The van der Waals surface area contributed by atoms with Gasteiger partial charge in [0.25, 0.3) is 0 Å². The van der Waals surface area contributed by atoms with Crippen LogP contribution in [0.15, 0.2) is 10.8 Å². The van der Waals surface area contributed by atoms with E-state index in [1.165, 1.54) is 0 Å². The summed E-state index contributed by atoms with van der Waals surface area (Å²) in [6, 6.07) is 0. The molecule has 0 spiro atoms. The van der Waals surface area contributed by atoms with Gasteiger partial charge in [-0.25, -0.2) is 4.63 Å². The Morgan fingerprint density at radius 1 is 1.62 bits per heavy atom. The van der Waals surface area contributed by atoms with E-state index in [1.54, 1.807) is 6.20 Å². The Morgan fingerprint density at radius 2 is 2.38 bits per heavy atom. The quantitative estimate of drug-likeness (QED) is 0.683. The van der Waals surface area contributed by atoms with Crippen LogP contribution < -0.4 is 0 Å². The van der Waals surface area contributed by atoms with Gasteiger partial charge in [-0.1, -0.05) is 16.2 Å². The average molecular weight is 202 g/mol. The van der Waals surface area contributed by atoms with Crippen molar-refractivity contribution in [2.75, 3.05) is 13.6 Å². The molecule has 4 nitrogen and oxygen atoms in total. The van der Waals surface area contributed by atoms with Gasteiger partial charge in [-0.15, -0.1) is 18.3 Å². The Kier molecular flexibility index (Phi) is 5.94. The molecule has 0 bridgehead atoms. The van der Waals surface area contributed by atoms with Crippen molar-refractivity contribution in [2.24, 2.45) is 0 Å².